The van der Waals surface area contributed by atoms with E-state index < -0.39 is 0 Å². The van der Waals surface area contributed by atoms with Gasteiger partial charge >= 0.3 is 5.69 Å². The zero-order valence-corrected chi connectivity index (χ0v) is 12.0. The molecule has 0 atom stereocenters. The van der Waals surface area contributed by atoms with Gasteiger partial charge in [-0.2, -0.15) is 4.98 Å². The average Bonchev–Trinajstić information content (AvgIpc) is 2.80. The number of ether oxygens (including phenoxy) is 1. The monoisotopic (exact) mass is 284 g/mol. The number of aromatic nitrogens is 4. The van der Waals surface area contributed by atoms with Crippen molar-refractivity contribution in [2.24, 2.45) is 0 Å². The summed E-state index contributed by atoms with van der Waals surface area (Å²) in [4.78, 5) is 20.9. The van der Waals surface area contributed by atoms with E-state index in [4.69, 9.17) is 4.74 Å². The minimum Gasteiger partial charge on any atom is -0.479 e. The zero-order valence-electron chi connectivity index (χ0n) is 12.0. The van der Waals surface area contributed by atoms with Gasteiger partial charge in [-0.1, -0.05) is 30.3 Å². The summed E-state index contributed by atoms with van der Waals surface area (Å²) in [5.74, 6) is 0.422. The molecule has 0 unspecified atom stereocenters. The molecule has 3 rings (SSSR count). The second-order valence-corrected chi connectivity index (χ2v) is 4.65. The molecule has 0 saturated carbocycles. The van der Waals surface area contributed by atoms with Gasteiger partial charge in [0.2, 0.25) is 5.88 Å². The molecule has 0 aliphatic rings. The van der Waals surface area contributed by atoms with Crippen molar-refractivity contribution in [2.75, 3.05) is 7.11 Å². The highest BCUT2D eigenvalue weighted by Gasteiger charge is 2.18. The Bertz CT molecular complexity index is 821. The average molecular weight is 284 g/mol. The van der Waals surface area contributed by atoms with E-state index in [1.165, 1.54) is 6.33 Å². The first kappa shape index (κ1) is 13.4. The molecule has 3 aromatic rings. The van der Waals surface area contributed by atoms with Gasteiger partial charge in [-0.25, -0.2) is 9.78 Å². The van der Waals surface area contributed by atoms with Gasteiger partial charge in [-0.3, -0.25) is 9.13 Å². The summed E-state index contributed by atoms with van der Waals surface area (Å²) in [6.07, 6.45) is 1.42. The number of hydrogen-bond acceptors (Lipinski definition) is 4. The van der Waals surface area contributed by atoms with Crippen molar-refractivity contribution in [2.45, 2.75) is 20.0 Å². The van der Waals surface area contributed by atoms with Crippen molar-refractivity contribution in [3.8, 4) is 5.88 Å². The van der Waals surface area contributed by atoms with E-state index in [1.807, 2.05) is 37.3 Å². The predicted molar refractivity (Wildman–Crippen MR) is 79.6 cm³/mol. The fourth-order valence-corrected chi connectivity index (χ4v) is 2.47. The number of aryl methyl sites for hydroxylation is 1. The van der Waals surface area contributed by atoms with Crippen LogP contribution in [0.25, 0.3) is 11.2 Å². The molecule has 0 spiro atoms. The highest BCUT2D eigenvalue weighted by molar-refractivity contribution is 5.77. The molecule has 6 heteroatoms. The third kappa shape index (κ3) is 2.18. The van der Waals surface area contributed by atoms with Crippen LogP contribution >= 0.6 is 0 Å². The van der Waals surface area contributed by atoms with Crippen LogP contribution in [0.15, 0.2) is 41.5 Å². The van der Waals surface area contributed by atoms with Crippen LogP contribution in [0.2, 0.25) is 0 Å². The SMILES string of the molecule is CCn1c(=O)n(Cc2ccccc2)c2ncnc(OC)c21. The number of methoxy groups -OCH3 is 1. The number of nitrogens with zero attached hydrogens (tertiary/aromatic N) is 4. The predicted octanol–water partition coefficient (Wildman–Crippen LogP) is 1.67. The summed E-state index contributed by atoms with van der Waals surface area (Å²) in [7, 11) is 1.54. The van der Waals surface area contributed by atoms with Crippen molar-refractivity contribution in [3.63, 3.8) is 0 Å². The lowest BCUT2D eigenvalue weighted by Crippen LogP contribution is -2.24. The molecule has 0 N–H and O–H groups in total. The fraction of sp³-hybridized carbons (Fsp3) is 0.267. The first-order chi connectivity index (χ1) is 10.3. The summed E-state index contributed by atoms with van der Waals surface area (Å²) < 4.78 is 8.55. The highest BCUT2D eigenvalue weighted by atomic mass is 16.5. The second kappa shape index (κ2) is 5.40. The lowest BCUT2D eigenvalue weighted by Gasteiger charge is -2.03. The molecule has 0 aliphatic heterocycles. The van der Waals surface area contributed by atoms with E-state index in [2.05, 4.69) is 9.97 Å². The van der Waals surface area contributed by atoms with Crippen LogP contribution in [0.4, 0.5) is 0 Å². The van der Waals surface area contributed by atoms with Gasteiger partial charge in [0.25, 0.3) is 0 Å². The lowest BCUT2D eigenvalue weighted by atomic mass is 10.2. The van der Waals surface area contributed by atoms with E-state index >= 15 is 0 Å². The minimum atomic E-state index is -0.102. The molecule has 0 bridgehead atoms. The van der Waals surface area contributed by atoms with Gasteiger partial charge < -0.3 is 4.74 Å². The molecule has 0 aliphatic carbocycles. The van der Waals surface area contributed by atoms with Gasteiger partial charge in [-0.05, 0) is 12.5 Å². The number of imidazole rings is 1. The Morgan fingerprint density at radius 1 is 1.14 bits per heavy atom. The molecule has 6 nitrogen and oxygen atoms in total. The van der Waals surface area contributed by atoms with E-state index in [0.29, 0.717) is 30.1 Å². The Balaban J connectivity index is 2.24. The normalized spacial score (nSPS) is 11.0. The third-order valence-electron chi connectivity index (χ3n) is 3.45. The first-order valence-electron chi connectivity index (χ1n) is 6.78. The first-order valence-corrected chi connectivity index (χ1v) is 6.78. The number of hydrogen-bond donors (Lipinski definition) is 0. The number of fused-ring (bicyclic) bond motifs is 1. The molecule has 0 radical (unpaired) electrons. The Kier molecular flexibility index (Phi) is 3.43. The molecule has 0 saturated heterocycles. The maximum absolute atomic E-state index is 12.6. The van der Waals surface area contributed by atoms with Crippen LogP contribution in [0.5, 0.6) is 5.88 Å². The fourth-order valence-electron chi connectivity index (χ4n) is 2.47. The van der Waals surface area contributed by atoms with E-state index in [9.17, 15) is 4.79 Å². The van der Waals surface area contributed by atoms with Crippen LogP contribution in [0, 0.1) is 0 Å². The Hall–Kier alpha value is -2.63. The summed E-state index contributed by atoms with van der Waals surface area (Å²) >= 11 is 0. The third-order valence-corrected chi connectivity index (χ3v) is 3.45. The molecule has 0 fully saturated rings. The zero-order chi connectivity index (χ0) is 14.8. The Morgan fingerprint density at radius 2 is 1.90 bits per heavy atom. The maximum Gasteiger partial charge on any atom is 0.330 e. The summed E-state index contributed by atoms with van der Waals surface area (Å²) in [6, 6.07) is 9.83. The molecule has 1 aromatic carbocycles. The largest absolute Gasteiger partial charge is 0.479 e. The molecule has 0 amide bonds. The van der Waals surface area contributed by atoms with Gasteiger partial charge in [-0.15, -0.1) is 0 Å². The Morgan fingerprint density at radius 3 is 2.57 bits per heavy atom. The minimum absolute atomic E-state index is 0.102. The van der Waals surface area contributed by atoms with Crippen molar-refractivity contribution in [1.29, 1.82) is 0 Å². The van der Waals surface area contributed by atoms with Gasteiger partial charge in [0.1, 0.15) is 6.33 Å². The second-order valence-electron chi connectivity index (χ2n) is 4.65. The van der Waals surface area contributed by atoms with Crippen molar-refractivity contribution >= 4 is 11.2 Å². The molecular formula is C15H16N4O2. The smallest absolute Gasteiger partial charge is 0.330 e. The lowest BCUT2D eigenvalue weighted by molar-refractivity contribution is 0.400. The molecular weight excluding hydrogens is 268 g/mol. The van der Waals surface area contributed by atoms with Crippen LogP contribution in [-0.4, -0.2) is 26.2 Å². The molecule has 2 heterocycles. The van der Waals surface area contributed by atoms with Crippen LogP contribution in [0.3, 0.4) is 0 Å². The molecule has 2 aromatic heterocycles. The summed E-state index contributed by atoms with van der Waals surface area (Å²) in [5.41, 5.74) is 2.18. The topological polar surface area (TPSA) is 61.9 Å². The standard InChI is InChI=1S/C15H16N4O2/c1-3-18-12-13(16-10-17-14(12)21-2)19(15(18)20)9-11-7-5-4-6-8-11/h4-8,10H,3,9H2,1-2H3. The molecule has 108 valence electrons. The van der Waals surface area contributed by atoms with Crippen molar-refractivity contribution in [3.05, 3.63) is 52.7 Å². The number of benzene rings is 1. The van der Waals surface area contributed by atoms with Crippen molar-refractivity contribution < 1.29 is 4.74 Å². The van der Waals surface area contributed by atoms with Gasteiger partial charge in [0, 0.05) is 6.54 Å². The van der Waals surface area contributed by atoms with Crippen molar-refractivity contribution in [1.82, 2.24) is 19.1 Å². The quantitative estimate of drug-likeness (QED) is 0.731. The van der Waals surface area contributed by atoms with Crippen LogP contribution in [0.1, 0.15) is 12.5 Å². The van der Waals surface area contributed by atoms with E-state index in [0.717, 1.165) is 5.56 Å². The molecule has 21 heavy (non-hydrogen) atoms. The van der Waals surface area contributed by atoms with E-state index in [1.54, 1.807) is 16.2 Å². The van der Waals surface area contributed by atoms with Crippen LogP contribution < -0.4 is 10.4 Å². The summed E-state index contributed by atoms with van der Waals surface area (Å²) in [5, 5.41) is 0. The van der Waals surface area contributed by atoms with Gasteiger partial charge in [0.15, 0.2) is 11.2 Å². The number of rotatable bonds is 4. The highest BCUT2D eigenvalue weighted by Crippen LogP contribution is 2.20. The van der Waals surface area contributed by atoms with Gasteiger partial charge in [0.05, 0.1) is 13.7 Å². The Labute approximate surface area is 121 Å². The van der Waals surface area contributed by atoms with Crippen LogP contribution in [-0.2, 0) is 13.1 Å². The summed E-state index contributed by atoms with van der Waals surface area (Å²) in [6.45, 7) is 2.93. The maximum atomic E-state index is 12.6. The van der Waals surface area contributed by atoms with E-state index in [-0.39, 0.29) is 5.69 Å².